The Morgan fingerprint density at radius 2 is 1.61 bits per heavy atom. The zero-order chi connectivity index (χ0) is 25.3. The van der Waals surface area contributed by atoms with E-state index in [1.165, 1.54) is 36.4 Å². The number of pyridine rings is 2. The van der Waals surface area contributed by atoms with Gasteiger partial charge in [-0.2, -0.15) is 5.10 Å². The van der Waals surface area contributed by atoms with Crippen LogP contribution in [0.3, 0.4) is 0 Å². The van der Waals surface area contributed by atoms with Crippen LogP contribution in [-0.4, -0.2) is 29.0 Å². The summed E-state index contributed by atoms with van der Waals surface area (Å²) in [5.74, 6) is -0.981. The highest BCUT2D eigenvalue weighted by Crippen LogP contribution is 2.35. The molecule has 8 nitrogen and oxygen atoms in total. The molecule has 0 atom stereocenters. The highest BCUT2D eigenvalue weighted by atomic mass is 32.2. The van der Waals surface area contributed by atoms with Crippen molar-refractivity contribution in [2.24, 2.45) is 5.14 Å². The molecule has 5 rings (SSSR count). The second-order valence-corrected chi connectivity index (χ2v) is 9.49. The number of sulfonamides is 1. The number of primary sulfonamides is 1. The molecular weight excluding hydrogens is 483 g/mol. The van der Waals surface area contributed by atoms with Crippen molar-refractivity contribution in [1.29, 1.82) is 0 Å². The maximum Gasteiger partial charge on any atom is 0.338 e. The van der Waals surface area contributed by atoms with E-state index in [0.717, 1.165) is 22.2 Å². The number of hydrogen-bond donors (Lipinski definition) is 1. The van der Waals surface area contributed by atoms with Crippen molar-refractivity contribution in [3.05, 3.63) is 108 Å². The van der Waals surface area contributed by atoms with Gasteiger partial charge in [0.25, 0.3) is 0 Å². The van der Waals surface area contributed by atoms with Crippen molar-refractivity contribution in [2.75, 3.05) is 0 Å². The molecule has 2 aromatic carbocycles. The molecule has 0 fully saturated rings. The molecular formula is C26H19FN4O4S. The predicted octanol–water partition coefficient (Wildman–Crippen LogP) is 4.21. The monoisotopic (exact) mass is 502 g/mol. The number of aromatic nitrogens is 3. The maximum atomic E-state index is 13.6. The Morgan fingerprint density at radius 3 is 2.28 bits per heavy atom. The Labute approximate surface area is 205 Å². The third kappa shape index (κ3) is 4.59. The van der Waals surface area contributed by atoms with Crippen LogP contribution >= 0.6 is 0 Å². The number of rotatable bonds is 6. The Morgan fingerprint density at radius 1 is 0.917 bits per heavy atom. The summed E-state index contributed by atoms with van der Waals surface area (Å²) in [6.07, 6.45) is 3.36. The lowest BCUT2D eigenvalue weighted by Crippen LogP contribution is -2.13. The summed E-state index contributed by atoms with van der Waals surface area (Å²) >= 11 is 0. The number of carbonyl (C=O) groups excluding carboxylic acids is 1. The second-order valence-electron chi connectivity index (χ2n) is 7.93. The Balaban J connectivity index is 1.51. The summed E-state index contributed by atoms with van der Waals surface area (Å²) < 4.78 is 43.6. The minimum Gasteiger partial charge on any atom is -0.456 e. The van der Waals surface area contributed by atoms with Crippen molar-refractivity contribution < 1.29 is 22.3 Å². The molecule has 0 amide bonds. The van der Waals surface area contributed by atoms with Crippen LogP contribution in [0.25, 0.3) is 27.9 Å². The van der Waals surface area contributed by atoms with Crippen LogP contribution in [0.4, 0.5) is 4.39 Å². The smallest absolute Gasteiger partial charge is 0.338 e. The second kappa shape index (κ2) is 9.33. The fraction of sp³-hybridized carbons (Fsp3) is 0.0385. The van der Waals surface area contributed by atoms with Crippen LogP contribution in [0.1, 0.15) is 16.1 Å². The number of halogens is 1. The molecule has 0 saturated carbocycles. The summed E-state index contributed by atoms with van der Waals surface area (Å²) in [6, 6.07) is 20.5. The SMILES string of the molecule is NS(=O)(=O)c1ccc(C(=O)OCc2cccc3c(-c4ccncc4)c(-c4ccc(F)cc4)nn23)cc1. The summed E-state index contributed by atoms with van der Waals surface area (Å²) in [4.78, 5) is 16.6. The standard InChI is InChI=1S/C26H19FN4O4S/c27-20-8-4-18(5-9-20)25-24(17-12-14-29-15-13-17)23-3-1-2-21(31(23)30-25)16-35-26(32)19-6-10-22(11-7-19)36(28,33)34/h1-15H,16H2,(H2,28,33,34). The van der Waals surface area contributed by atoms with Gasteiger partial charge in [-0.15, -0.1) is 0 Å². The molecule has 2 N–H and O–H groups in total. The van der Waals surface area contributed by atoms with Crippen LogP contribution in [0.5, 0.6) is 0 Å². The van der Waals surface area contributed by atoms with Gasteiger partial charge in [0.05, 0.1) is 21.7 Å². The minimum atomic E-state index is -3.86. The first-order valence-electron chi connectivity index (χ1n) is 10.8. The van der Waals surface area contributed by atoms with E-state index in [1.807, 2.05) is 24.3 Å². The Kier molecular flexibility index (Phi) is 6.05. The van der Waals surface area contributed by atoms with Gasteiger partial charge in [0.2, 0.25) is 10.0 Å². The van der Waals surface area contributed by atoms with E-state index in [-0.39, 0.29) is 22.9 Å². The van der Waals surface area contributed by atoms with E-state index in [0.29, 0.717) is 11.4 Å². The summed E-state index contributed by atoms with van der Waals surface area (Å²) in [5.41, 5.74) is 4.62. The zero-order valence-corrected chi connectivity index (χ0v) is 19.5. The minimum absolute atomic E-state index is 0.0898. The molecule has 0 aliphatic rings. The zero-order valence-electron chi connectivity index (χ0n) is 18.7. The van der Waals surface area contributed by atoms with E-state index in [1.54, 1.807) is 35.1 Å². The molecule has 0 spiro atoms. The van der Waals surface area contributed by atoms with Crippen LogP contribution < -0.4 is 5.14 Å². The van der Waals surface area contributed by atoms with Crippen LogP contribution in [0, 0.1) is 5.82 Å². The van der Waals surface area contributed by atoms with Crippen molar-refractivity contribution >= 4 is 21.5 Å². The van der Waals surface area contributed by atoms with E-state index in [4.69, 9.17) is 15.0 Å². The molecule has 0 unspecified atom stereocenters. The summed E-state index contributed by atoms with van der Waals surface area (Å²) in [5, 5.41) is 9.88. The van der Waals surface area contributed by atoms with Gasteiger partial charge in [-0.3, -0.25) is 4.98 Å². The topological polar surface area (TPSA) is 117 Å². The average Bonchev–Trinajstić information content (AvgIpc) is 3.28. The van der Waals surface area contributed by atoms with Gasteiger partial charge in [0.15, 0.2) is 0 Å². The lowest BCUT2D eigenvalue weighted by Gasteiger charge is -2.08. The molecule has 0 aliphatic carbocycles. The molecule has 3 heterocycles. The van der Waals surface area contributed by atoms with Gasteiger partial charge in [-0.05, 0) is 78.4 Å². The molecule has 0 aliphatic heterocycles. The lowest BCUT2D eigenvalue weighted by atomic mass is 10.0. The first-order chi connectivity index (χ1) is 17.3. The van der Waals surface area contributed by atoms with E-state index in [2.05, 4.69) is 4.98 Å². The largest absolute Gasteiger partial charge is 0.456 e. The first kappa shape index (κ1) is 23.3. The summed E-state index contributed by atoms with van der Waals surface area (Å²) in [7, 11) is -3.86. The quantitative estimate of drug-likeness (QED) is 0.348. The van der Waals surface area contributed by atoms with Crippen LogP contribution in [-0.2, 0) is 21.4 Å². The van der Waals surface area contributed by atoms with Crippen LogP contribution in [0.15, 0.2) is 96.2 Å². The first-order valence-corrected chi connectivity index (χ1v) is 12.3. The fourth-order valence-corrected chi connectivity index (χ4v) is 4.37. The number of hydrogen-bond acceptors (Lipinski definition) is 6. The Hall–Kier alpha value is -4.41. The van der Waals surface area contributed by atoms with E-state index >= 15 is 0 Å². The molecule has 36 heavy (non-hydrogen) atoms. The van der Waals surface area contributed by atoms with E-state index in [9.17, 15) is 17.6 Å². The molecule has 180 valence electrons. The fourth-order valence-electron chi connectivity index (χ4n) is 3.85. The normalized spacial score (nSPS) is 11.5. The molecule has 0 saturated heterocycles. The molecule has 0 bridgehead atoms. The third-order valence-corrected chi connectivity index (χ3v) is 6.52. The van der Waals surface area contributed by atoms with Gasteiger partial charge < -0.3 is 4.74 Å². The maximum absolute atomic E-state index is 13.6. The number of esters is 1. The predicted molar refractivity (Wildman–Crippen MR) is 131 cm³/mol. The number of ether oxygens (including phenoxy) is 1. The highest BCUT2D eigenvalue weighted by Gasteiger charge is 2.19. The summed E-state index contributed by atoms with van der Waals surface area (Å²) in [6.45, 7) is -0.0898. The number of fused-ring (bicyclic) bond motifs is 1. The number of nitrogens with two attached hydrogens (primary N) is 1. The molecule has 10 heteroatoms. The van der Waals surface area contributed by atoms with Gasteiger partial charge in [-0.1, -0.05) is 6.07 Å². The number of nitrogens with zero attached hydrogens (tertiary/aromatic N) is 3. The van der Waals surface area contributed by atoms with E-state index < -0.39 is 16.0 Å². The molecule has 5 aromatic rings. The lowest BCUT2D eigenvalue weighted by molar-refractivity contribution is 0.0465. The number of carbonyl (C=O) groups is 1. The number of benzene rings is 2. The average molecular weight is 503 g/mol. The van der Waals surface area contributed by atoms with Gasteiger partial charge in [0.1, 0.15) is 18.1 Å². The van der Waals surface area contributed by atoms with Crippen LogP contribution in [0.2, 0.25) is 0 Å². The van der Waals surface area contributed by atoms with Crippen molar-refractivity contribution in [3.8, 4) is 22.4 Å². The van der Waals surface area contributed by atoms with Gasteiger partial charge in [-0.25, -0.2) is 27.3 Å². The van der Waals surface area contributed by atoms with Crippen molar-refractivity contribution in [3.63, 3.8) is 0 Å². The Bertz CT molecular complexity index is 1670. The molecule has 3 aromatic heterocycles. The highest BCUT2D eigenvalue weighted by molar-refractivity contribution is 7.89. The molecule has 0 radical (unpaired) electrons. The third-order valence-electron chi connectivity index (χ3n) is 5.59. The van der Waals surface area contributed by atoms with Crippen molar-refractivity contribution in [2.45, 2.75) is 11.5 Å². The van der Waals surface area contributed by atoms with Crippen molar-refractivity contribution in [1.82, 2.24) is 14.6 Å². The van der Waals surface area contributed by atoms with Gasteiger partial charge >= 0.3 is 5.97 Å². The van der Waals surface area contributed by atoms with Gasteiger partial charge in [0, 0.05) is 23.5 Å².